The van der Waals surface area contributed by atoms with Gasteiger partial charge in [-0.15, -0.1) is 0 Å². The number of ether oxygens (including phenoxy) is 1. The summed E-state index contributed by atoms with van der Waals surface area (Å²) in [7, 11) is 0. The lowest BCUT2D eigenvalue weighted by Gasteiger charge is -2.24. The van der Waals surface area contributed by atoms with E-state index in [0.29, 0.717) is 43.2 Å². The summed E-state index contributed by atoms with van der Waals surface area (Å²) in [6, 6.07) is 14.5. The second-order valence-corrected chi connectivity index (χ2v) is 10.1. The number of rotatable bonds is 5. The molecule has 10 heteroatoms. The zero-order valence-corrected chi connectivity index (χ0v) is 20.4. The topological polar surface area (TPSA) is 98.0 Å². The van der Waals surface area contributed by atoms with E-state index in [2.05, 4.69) is 10.3 Å². The summed E-state index contributed by atoms with van der Waals surface area (Å²) in [5.41, 5.74) is 2.46. The molecule has 3 fully saturated rings. The van der Waals surface area contributed by atoms with Crippen LogP contribution in [0.1, 0.15) is 17.4 Å². The molecule has 3 atom stereocenters. The molecule has 3 aliphatic rings. The molecule has 2 N–H and O–H groups in total. The summed E-state index contributed by atoms with van der Waals surface area (Å²) in [6.45, 7) is 4.48. The van der Waals surface area contributed by atoms with Gasteiger partial charge >= 0.3 is 6.09 Å². The number of hydrogen-bond acceptors (Lipinski definition) is 5. The van der Waals surface area contributed by atoms with Crippen LogP contribution in [0.5, 0.6) is 0 Å². The number of likely N-dealkylation sites (tertiary alicyclic amines) is 1. The van der Waals surface area contributed by atoms with Crippen molar-refractivity contribution >= 4 is 40.2 Å². The number of nitrogens with one attached hydrogen (secondary N) is 2. The van der Waals surface area contributed by atoms with Gasteiger partial charge in [-0.2, -0.15) is 0 Å². The van der Waals surface area contributed by atoms with E-state index in [4.69, 9.17) is 4.74 Å². The molecule has 6 rings (SSSR count). The second-order valence-electron chi connectivity index (χ2n) is 10.1. The first-order valence-electron chi connectivity index (χ1n) is 12.5. The Morgan fingerprint density at radius 2 is 1.81 bits per heavy atom. The number of benzene rings is 2. The van der Waals surface area contributed by atoms with Crippen LogP contribution in [-0.4, -0.2) is 73.2 Å². The fraction of sp³-hybridized carbons (Fsp3) is 0.370. The molecule has 9 nitrogen and oxygen atoms in total. The summed E-state index contributed by atoms with van der Waals surface area (Å²) < 4.78 is 20.5. The number of hydrogen-bond donors (Lipinski definition) is 2. The van der Waals surface area contributed by atoms with E-state index in [1.165, 1.54) is 17.9 Å². The summed E-state index contributed by atoms with van der Waals surface area (Å²) in [4.78, 5) is 45.0. The highest BCUT2D eigenvalue weighted by Crippen LogP contribution is 2.37. The molecule has 3 saturated heterocycles. The van der Waals surface area contributed by atoms with Gasteiger partial charge in [-0.05, 0) is 30.3 Å². The summed E-state index contributed by atoms with van der Waals surface area (Å²) in [5, 5.41) is 3.65. The molecule has 0 spiro atoms. The van der Waals surface area contributed by atoms with E-state index in [1.807, 2.05) is 40.1 Å². The summed E-state index contributed by atoms with van der Waals surface area (Å²) in [6.07, 6.45) is -1.04. The number of carbonyl (C=O) groups excluding carboxylic acids is 3. The van der Waals surface area contributed by atoms with Crippen LogP contribution < -0.4 is 15.1 Å². The number of halogens is 1. The smallest absolute Gasteiger partial charge is 0.414 e. The standard InChI is InChI=1S/C27H28FN5O4/c1-16(34)29-10-21-15-33(27(36)37-21)20-6-7-25(22(28)9-20)31-11-18-13-32(14-19(18)12-31)26(35)24-8-17-4-2-3-5-23(17)30-24/h2-9,18-19,21,30H,10-15H2,1H3,(H,29,34)/t18-,19+,21-/m0/s1. The number of aromatic amines is 1. The largest absolute Gasteiger partial charge is 0.442 e. The van der Waals surface area contributed by atoms with Crippen LogP contribution in [0.2, 0.25) is 0 Å². The van der Waals surface area contributed by atoms with Crippen molar-refractivity contribution in [2.24, 2.45) is 11.8 Å². The van der Waals surface area contributed by atoms with Crippen molar-refractivity contribution < 1.29 is 23.5 Å². The minimum Gasteiger partial charge on any atom is -0.442 e. The van der Waals surface area contributed by atoms with E-state index >= 15 is 4.39 Å². The van der Waals surface area contributed by atoms with Crippen LogP contribution in [-0.2, 0) is 9.53 Å². The Kier molecular flexibility index (Phi) is 5.73. The molecule has 0 unspecified atom stereocenters. The third kappa shape index (κ3) is 4.36. The molecule has 0 aliphatic carbocycles. The van der Waals surface area contributed by atoms with Gasteiger partial charge in [0, 0.05) is 55.8 Å². The van der Waals surface area contributed by atoms with Crippen molar-refractivity contribution in [3.63, 3.8) is 0 Å². The lowest BCUT2D eigenvalue weighted by molar-refractivity contribution is -0.119. The monoisotopic (exact) mass is 505 g/mol. The van der Waals surface area contributed by atoms with Gasteiger partial charge in [-0.3, -0.25) is 14.5 Å². The maximum atomic E-state index is 15.2. The minimum atomic E-state index is -0.557. The Hall–Kier alpha value is -4.08. The van der Waals surface area contributed by atoms with Crippen LogP contribution in [0.25, 0.3) is 10.9 Å². The molecular formula is C27H28FN5O4. The molecule has 4 heterocycles. The van der Waals surface area contributed by atoms with Crippen molar-refractivity contribution in [3.8, 4) is 0 Å². The fourth-order valence-corrected chi connectivity index (χ4v) is 5.73. The van der Waals surface area contributed by atoms with E-state index in [1.54, 1.807) is 12.1 Å². The highest BCUT2D eigenvalue weighted by Gasteiger charge is 2.42. The van der Waals surface area contributed by atoms with Crippen molar-refractivity contribution in [2.75, 3.05) is 49.1 Å². The maximum absolute atomic E-state index is 15.2. The number of cyclic esters (lactones) is 1. The van der Waals surface area contributed by atoms with Gasteiger partial charge in [0.2, 0.25) is 5.91 Å². The molecular weight excluding hydrogens is 477 g/mol. The average molecular weight is 506 g/mol. The number of anilines is 2. The zero-order valence-electron chi connectivity index (χ0n) is 20.4. The van der Waals surface area contributed by atoms with Crippen LogP contribution in [0.4, 0.5) is 20.6 Å². The number of amides is 3. The Labute approximate surface area is 213 Å². The van der Waals surface area contributed by atoms with E-state index in [0.717, 1.165) is 10.9 Å². The Balaban J connectivity index is 1.09. The van der Waals surface area contributed by atoms with Gasteiger partial charge in [0.15, 0.2) is 0 Å². The molecule has 0 radical (unpaired) electrons. The van der Waals surface area contributed by atoms with Gasteiger partial charge in [-0.1, -0.05) is 18.2 Å². The van der Waals surface area contributed by atoms with Crippen molar-refractivity contribution in [1.29, 1.82) is 0 Å². The average Bonchev–Trinajstić information content (AvgIpc) is 3.64. The number of fused-ring (bicyclic) bond motifs is 2. The fourth-order valence-electron chi connectivity index (χ4n) is 5.73. The van der Waals surface area contributed by atoms with Crippen LogP contribution >= 0.6 is 0 Å². The Morgan fingerprint density at radius 1 is 1.05 bits per heavy atom. The summed E-state index contributed by atoms with van der Waals surface area (Å²) >= 11 is 0. The molecule has 1 aromatic heterocycles. The van der Waals surface area contributed by atoms with Crippen molar-refractivity contribution in [3.05, 3.63) is 60.0 Å². The van der Waals surface area contributed by atoms with E-state index in [-0.39, 0.29) is 36.7 Å². The summed E-state index contributed by atoms with van der Waals surface area (Å²) in [5.74, 6) is -0.0554. The lowest BCUT2D eigenvalue weighted by atomic mass is 10.0. The van der Waals surface area contributed by atoms with Gasteiger partial charge in [0.05, 0.1) is 24.5 Å². The highest BCUT2D eigenvalue weighted by molar-refractivity contribution is 5.98. The Bertz CT molecular complexity index is 1340. The van der Waals surface area contributed by atoms with Crippen LogP contribution in [0.15, 0.2) is 48.5 Å². The molecule has 37 heavy (non-hydrogen) atoms. The zero-order chi connectivity index (χ0) is 25.7. The van der Waals surface area contributed by atoms with E-state index < -0.39 is 18.0 Å². The highest BCUT2D eigenvalue weighted by atomic mass is 19.1. The molecule has 3 amide bonds. The van der Waals surface area contributed by atoms with Crippen LogP contribution in [0.3, 0.4) is 0 Å². The predicted octanol–water partition coefficient (Wildman–Crippen LogP) is 2.98. The minimum absolute atomic E-state index is 0.00184. The van der Waals surface area contributed by atoms with Crippen molar-refractivity contribution in [1.82, 2.24) is 15.2 Å². The SMILES string of the molecule is CC(=O)NC[C@H]1CN(c2ccc(N3C[C@H]4CN(C(=O)c5cc6ccccc6[nH]5)C[C@H]4C3)c(F)c2)C(=O)O1. The molecule has 0 saturated carbocycles. The first-order chi connectivity index (χ1) is 17.9. The second kappa shape index (κ2) is 9.10. The number of nitrogens with zero attached hydrogens (tertiary/aromatic N) is 3. The third-order valence-electron chi connectivity index (χ3n) is 7.57. The predicted molar refractivity (Wildman–Crippen MR) is 136 cm³/mol. The molecule has 192 valence electrons. The van der Waals surface area contributed by atoms with Gasteiger partial charge in [0.1, 0.15) is 17.6 Å². The maximum Gasteiger partial charge on any atom is 0.414 e. The van der Waals surface area contributed by atoms with Crippen LogP contribution in [0, 0.1) is 17.7 Å². The normalized spacial score (nSPS) is 23.0. The first kappa shape index (κ1) is 23.3. The number of aromatic nitrogens is 1. The Morgan fingerprint density at radius 3 is 2.51 bits per heavy atom. The first-order valence-corrected chi connectivity index (χ1v) is 12.5. The van der Waals surface area contributed by atoms with Gasteiger partial charge in [0.25, 0.3) is 5.91 Å². The molecule has 0 bridgehead atoms. The van der Waals surface area contributed by atoms with Gasteiger partial charge < -0.3 is 24.8 Å². The molecule has 3 aromatic rings. The molecule has 3 aliphatic heterocycles. The third-order valence-corrected chi connectivity index (χ3v) is 7.57. The number of H-pyrrole nitrogens is 1. The molecule has 2 aromatic carbocycles. The van der Waals surface area contributed by atoms with Gasteiger partial charge in [-0.25, -0.2) is 9.18 Å². The lowest BCUT2D eigenvalue weighted by Crippen LogP contribution is -2.34. The number of carbonyl (C=O) groups is 3. The van der Waals surface area contributed by atoms with Crippen molar-refractivity contribution in [2.45, 2.75) is 13.0 Å². The van der Waals surface area contributed by atoms with E-state index in [9.17, 15) is 14.4 Å². The quantitative estimate of drug-likeness (QED) is 0.556. The number of para-hydroxylation sites is 1.